The van der Waals surface area contributed by atoms with E-state index in [4.69, 9.17) is 19.2 Å². The maximum Gasteiger partial charge on any atom is 0.337 e. The average Bonchev–Trinajstić information content (AvgIpc) is 3.39. The van der Waals surface area contributed by atoms with Crippen LogP contribution >= 0.6 is 23.7 Å². The number of fused-ring (bicyclic) bond motifs is 2. The molecule has 2 aromatic carbocycles. The highest BCUT2D eigenvalue weighted by atomic mass is 35.5. The van der Waals surface area contributed by atoms with Gasteiger partial charge in [0.25, 0.3) is 5.91 Å². The molecule has 0 atom stereocenters. The molecule has 2 heterocycles. The summed E-state index contributed by atoms with van der Waals surface area (Å²) in [4.78, 5) is 33.5. The summed E-state index contributed by atoms with van der Waals surface area (Å²) in [6, 6.07) is 10.2. The number of ether oxygens (including phenoxy) is 3. The molecular formula is C22H24ClN3O5S. The van der Waals surface area contributed by atoms with Crippen molar-refractivity contribution in [3.63, 3.8) is 0 Å². The Hall–Kier alpha value is -2.88. The van der Waals surface area contributed by atoms with E-state index >= 15 is 0 Å². The van der Waals surface area contributed by atoms with E-state index < -0.39 is 5.97 Å². The zero-order valence-corrected chi connectivity index (χ0v) is 19.6. The first-order chi connectivity index (χ1) is 15.0. The van der Waals surface area contributed by atoms with Gasteiger partial charge < -0.3 is 19.1 Å². The van der Waals surface area contributed by atoms with Crippen molar-refractivity contribution in [3.05, 3.63) is 47.5 Å². The zero-order chi connectivity index (χ0) is 22.0. The molecule has 0 fully saturated rings. The number of carbonyl (C=O) groups excluding carboxylic acids is 2. The highest BCUT2D eigenvalue weighted by molar-refractivity contribution is 7.22. The molecule has 0 radical (unpaired) electrons. The number of esters is 1. The second-order valence-corrected chi connectivity index (χ2v) is 8.36. The molecule has 32 heavy (non-hydrogen) atoms. The van der Waals surface area contributed by atoms with Crippen LogP contribution < -0.4 is 14.4 Å². The van der Waals surface area contributed by atoms with Gasteiger partial charge in [0.1, 0.15) is 0 Å². The number of benzene rings is 2. The average molecular weight is 478 g/mol. The second-order valence-electron chi connectivity index (χ2n) is 7.35. The van der Waals surface area contributed by atoms with Crippen molar-refractivity contribution in [2.45, 2.75) is 6.42 Å². The SMILES string of the molecule is COC(=O)c1ccc(C(=O)N(CCCN(C)C)c2nc3cc4c(cc3s2)OCO4)cc1.Cl. The van der Waals surface area contributed by atoms with Crippen LogP contribution in [0.1, 0.15) is 27.1 Å². The van der Waals surface area contributed by atoms with Crippen LogP contribution in [0.5, 0.6) is 11.5 Å². The number of halogens is 1. The van der Waals surface area contributed by atoms with Crippen LogP contribution in [-0.2, 0) is 4.74 Å². The van der Waals surface area contributed by atoms with Gasteiger partial charge in [-0.2, -0.15) is 0 Å². The van der Waals surface area contributed by atoms with Gasteiger partial charge in [0.05, 0.1) is 22.9 Å². The van der Waals surface area contributed by atoms with Crippen LogP contribution in [0.15, 0.2) is 36.4 Å². The molecule has 10 heteroatoms. The molecule has 1 amide bonds. The van der Waals surface area contributed by atoms with Crippen molar-refractivity contribution in [3.8, 4) is 11.5 Å². The van der Waals surface area contributed by atoms with E-state index in [9.17, 15) is 9.59 Å². The lowest BCUT2D eigenvalue weighted by atomic mass is 10.1. The molecule has 170 valence electrons. The lowest BCUT2D eigenvalue weighted by Crippen LogP contribution is -2.33. The summed E-state index contributed by atoms with van der Waals surface area (Å²) in [7, 11) is 5.32. The number of carbonyl (C=O) groups is 2. The first-order valence-corrected chi connectivity index (χ1v) is 10.6. The first kappa shape index (κ1) is 23.8. The molecule has 8 nitrogen and oxygen atoms in total. The Balaban J connectivity index is 0.00000289. The fourth-order valence-electron chi connectivity index (χ4n) is 3.27. The predicted molar refractivity (Wildman–Crippen MR) is 126 cm³/mol. The maximum absolute atomic E-state index is 13.4. The molecule has 0 spiro atoms. The normalized spacial score (nSPS) is 12.0. The standard InChI is InChI=1S/C22H23N3O5S.ClH/c1-24(2)9-4-10-25(20(26)14-5-7-15(8-6-14)21(27)28-3)22-23-16-11-17-18(30-13-29-17)12-19(16)31-22;/h5-8,11-12H,4,9-10,13H2,1-3H3;1H. The number of aromatic nitrogens is 1. The predicted octanol–water partition coefficient (Wildman–Crippen LogP) is 3.83. The van der Waals surface area contributed by atoms with E-state index in [1.165, 1.54) is 18.4 Å². The van der Waals surface area contributed by atoms with E-state index in [-0.39, 0.29) is 25.1 Å². The van der Waals surface area contributed by atoms with Crippen LogP contribution in [0.4, 0.5) is 5.13 Å². The Morgan fingerprint density at radius 2 is 1.72 bits per heavy atom. The van der Waals surface area contributed by atoms with Gasteiger partial charge in [-0.3, -0.25) is 9.69 Å². The number of thiazole rings is 1. The van der Waals surface area contributed by atoms with Gasteiger partial charge in [-0.1, -0.05) is 11.3 Å². The lowest BCUT2D eigenvalue weighted by molar-refractivity contribution is 0.0600. The highest BCUT2D eigenvalue weighted by Crippen LogP contribution is 2.40. The van der Waals surface area contributed by atoms with Crippen molar-refractivity contribution in [2.24, 2.45) is 0 Å². The molecule has 1 aromatic heterocycles. The summed E-state index contributed by atoms with van der Waals surface area (Å²) in [5, 5.41) is 0.611. The molecule has 4 rings (SSSR count). The monoisotopic (exact) mass is 477 g/mol. The Morgan fingerprint density at radius 3 is 2.38 bits per heavy atom. The molecule has 1 aliphatic heterocycles. The highest BCUT2D eigenvalue weighted by Gasteiger charge is 2.23. The second kappa shape index (κ2) is 10.2. The molecule has 0 N–H and O–H groups in total. The van der Waals surface area contributed by atoms with E-state index in [0.29, 0.717) is 34.3 Å². The van der Waals surface area contributed by atoms with Gasteiger partial charge in [-0.25, -0.2) is 9.78 Å². The van der Waals surface area contributed by atoms with Crippen molar-refractivity contribution in [1.29, 1.82) is 0 Å². The Kier molecular flexibility index (Phi) is 7.55. The third kappa shape index (κ3) is 4.95. The van der Waals surface area contributed by atoms with Gasteiger partial charge in [0.15, 0.2) is 16.6 Å². The Labute approximate surface area is 196 Å². The third-order valence-electron chi connectivity index (χ3n) is 4.89. The summed E-state index contributed by atoms with van der Waals surface area (Å²) in [5.74, 6) is 0.736. The summed E-state index contributed by atoms with van der Waals surface area (Å²) in [6.45, 7) is 1.56. The largest absolute Gasteiger partial charge is 0.465 e. The number of methoxy groups -OCH3 is 1. The number of hydrogen-bond donors (Lipinski definition) is 0. The van der Waals surface area contributed by atoms with Gasteiger partial charge in [0, 0.05) is 24.2 Å². The van der Waals surface area contributed by atoms with Crippen molar-refractivity contribution in [1.82, 2.24) is 9.88 Å². The van der Waals surface area contributed by atoms with Gasteiger partial charge in [0.2, 0.25) is 6.79 Å². The van der Waals surface area contributed by atoms with E-state index in [1.807, 2.05) is 26.2 Å². The number of nitrogens with zero attached hydrogens (tertiary/aromatic N) is 3. The summed E-state index contributed by atoms with van der Waals surface area (Å²) >= 11 is 1.44. The van der Waals surface area contributed by atoms with Crippen molar-refractivity contribution < 1.29 is 23.8 Å². The minimum Gasteiger partial charge on any atom is -0.465 e. The molecule has 0 unspecified atom stereocenters. The Morgan fingerprint density at radius 1 is 1.06 bits per heavy atom. The minimum absolute atomic E-state index is 0. The molecular weight excluding hydrogens is 454 g/mol. The number of hydrogen-bond acceptors (Lipinski definition) is 8. The van der Waals surface area contributed by atoms with E-state index in [0.717, 1.165) is 23.2 Å². The van der Waals surface area contributed by atoms with Crippen LogP contribution in [0.25, 0.3) is 10.2 Å². The fourth-order valence-corrected chi connectivity index (χ4v) is 4.27. The zero-order valence-electron chi connectivity index (χ0n) is 18.0. The van der Waals surface area contributed by atoms with Crippen LogP contribution in [-0.4, -0.2) is 62.8 Å². The van der Waals surface area contributed by atoms with Crippen LogP contribution in [0, 0.1) is 0 Å². The fraction of sp³-hybridized carbons (Fsp3) is 0.318. The van der Waals surface area contributed by atoms with Gasteiger partial charge >= 0.3 is 5.97 Å². The molecule has 0 aliphatic carbocycles. The maximum atomic E-state index is 13.4. The smallest absolute Gasteiger partial charge is 0.337 e. The third-order valence-corrected chi connectivity index (χ3v) is 5.93. The molecule has 3 aromatic rings. The molecule has 0 saturated carbocycles. The summed E-state index contributed by atoms with van der Waals surface area (Å²) in [6.07, 6.45) is 0.789. The number of rotatable bonds is 7. The lowest BCUT2D eigenvalue weighted by Gasteiger charge is -2.21. The topological polar surface area (TPSA) is 81.2 Å². The van der Waals surface area contributed by atoms with E-state index in [1.54, 1.807) is 29.2 Å². The number of anilines is 1. The van der Waals surface area contributed by atoms with Crippen LogP contribution in [0.3, 0.4) is 0 Å². The first-order valence-electron chi connectivity index (χ1n) is 9.81. The Bertz CT molecular complexity index is 1080. The molecule has 0 bridgehead atoms. The van der Waals surface area contributed by atoms with E-state index in [2.05, 4.69) is 4.90 Å². The molecule has 0 saturated heterocycles. The quantitative estimate of drug-likeness (QED) is 0.478. The minimum atomic E-state index is -0.439. The summed E-state index contributed by atoms with van der Waals surface area (Å²) in [5.41, 5.74) is 1.63. The van der Waals surface area contributed by atoms with Crippen molar-refractivity contribution >= 4 is 51.0 Å². The van der Waals surface area contributed by atoms with Gasteiger partial charge in [-0.15, -0.1) is 12.4 Å². The molecule has 1 aliphatic rings. The summed E-state index contributed by atoms with van der Waals surface area (Å²) < 4.78 is 16.5. The van der Waals surface area contributed by atoms with Crippen LogP contribution in [0.2, 0.25) is 0 Å². The number of amides is 1. The van der Waals surface area contributed by atoms with Crippen molar-refractivity contribution in [2.75, 3.05) is 46.0 Å². The van der Waals surface area contributed by atoms with Gasteiger partial charge in [-0.05, 0) is 51.3 Å².